The highest BCUT2D eigenvalue weighted by Crippen LogP contribution is 2.34. The van der Waals surface area contributed by atoms with Crippen molar-refractivity contribution in [2.45, 2.75) is 24.7 Å². The zero-order valence-corrected chi connectivity index (χ0v) is 12.7. The van der Waals surface area contributed by atoms with Crippen molar-refractivity contribution < 1.29 is 22.3 Å². The largest absolute Gasteiger partial charge is 0.469 e. The normalized spacial score (nSPS) is 19.2. The fraction of sp³-hybridized carbons (Fsp3) is 0.538. The molecule has 116 valence electrons. The highest BCUT2D eigenvalue weighted by molar-refractivity contribution is 7.89. The van der Waals surface area contributed by atoms with Crippen LogP contribution in [0.15, 0.2) is 23.2 Å². The molecule has 1 aromatic rings. The van der Waals surface area contributed by atoms with Gasteiger partial charge >= 0.3 is 5.97 Å². The third-order valence-electron chi connectivity index (χ3n) is 3.84. The number of carbonyl (C=O) groups excluding carboxylic acids is 1. The van der Waals surface area contributed by atoms with E-state index in [4.69, 9.17) is 4.74 Å². The Labute approximate surface area is 123 Å². The van der Waals surface area contributed by atoms with Gasteiger partial charge in [0.25, 0.3) is 0 Å². The van der Waals surface area contributed by atoms with Gasteiger partial charge in [-0.3, -0.25) is 4.79 Å². The Morgan fingerprint density at radius 2 is 2.00 bits per heavy atom. The molecule has 1 aliphatic heterocycles. The van der Waals surface area contributed by atoms with E-state index in [9.17, 15) is 17.6 Å². The van der Waals surface area contributed by atoms with Gasteiger partial charge in [0, 0.05) is 13.1 Å². The number of halogens is 1. The molecule has 0 spiro atoms. The summed E-state index contributed by atoms with van der Waals surface area (Å²) in [4.78, 5) is 15.0. The van der Waals surface area contributed by atoms with Crippen molar-refractivity contribution in [3.8, 4) is 0 Å². The maximum absolute atomic E-state index is 12.8. The molecule has 1 aromatic heterocycles. The topological polar surface area (TPSA) is 76.6 Å². The first-order valence-corrected chi connectivity index (χ1v) is 7.94. The summed E-state index contributed by atoms with van der Waals surface area (Å²) in [6, 6.07) is 2.20. The summed E-state index contributed by atoms with van der Waals surface area (Å²) < 4.78 is 43.6. The predicted molar refractivity (Wildman–Crippen MR) is 72.3 cm³/mol. The van der Waals surface area contributed by atoms with Gasteiger partial charge in [-0.1, -0.05) is 0 Å². The highest BCUT2D eigenvalue weighted by Gasteiger charge is 2.41. The molecule has 1 aliphatic rings. The van der Waals surface area contributed by atoms with Crippen LogP contribution in [0.2, 0.25) is 0 Å². The number of piperidine rings is 1. The van der Waals surface area contributed by atoms with Crippen LogP contribution >= 0.6 is 0 Å². The van der Waals surface area contributed by atoms with E-state index in [-0.39, 0.29) is 24.0 Å². The smallest absolute Gasteiger partial charge is 0.311 e. The van der Waals surface area contributed by atoms with Crippen LogP contribution in [0.25, 0.3) is 0 Å². The quantitative estimate of drug-likeness (QED) is 0.618. The first-order valence-electron chi connectivity index (χ1n) is 6.50. The molecule has 8 heteroatoms. The van der Waals surface area contributed by atoms with Gasteiger partial charge in [-0.2, -0.15) is 8.70 Å². The lowest BCUT2D eigenvalue weighted by Gasteiger charge is -2.36. The number of pyridine rings is 1. The van der Waals surface area contributed by atoms with Gasteiger partial charge in [-0.15, -0.1) is 0 Å². The summed E-state index contributed by atoms with van der Waals surface area (Å²) in [6.07, 6.45) is 1.76. The fourth-order valence-corrected chi connectivity index (χ4v) is 3.72. The fourth-order valence-electron chi connectivity index (χ4n) is 2.33. The number of rotatable bonds is 3. The van der Waals surface area contributed by atoms with Gasteiger partial charge in [0.05, 0.1) is 18.7 Å². The number of hydrogen-bond acceptors (Lipinski definition) is 5. The summed E-state index contributed by atoms with van der Waals surface area (Å²) in [5.74, 6) is -1.06. The Bertz CT molecular complexity index is 622. The standard InChI is InChI=1S/C13H17FN2O4S/c1-13(12(17)20-2)5-7-16(8-6-13)21(18,19)10-3-4-11(14)15-9-10/h3-4,9H,5-8H2,1-2H3. The second-order valence-electron chi connectivity index (χ2n) is 5.27. The second-order valence-corrected chi connectivity index (χ2v) is 7.21. The number of aromatic nitrogens is 1. The van der Waals surface area contributed by atoms with Crippen LogP contribution in [-0.2, 0) is 19.6 Å². The maximum atomic E-state index is 12.8. The highest BCUT2D eigenvalue weighted by atomic mass is 32.2. The number of sulfonamides is 1. The molecule has 2 heterocycles. The lowest BCUT2D eigenvalue weighted by Crippen LogP contribution is -2.45. The van der Waals surface area contributed by atoms with Crippen molar-refractivity contribution in [2.75, 3.05) is 20.2 Å². The van der Waals surface area contributed by atoms with Crippen LogP contribution in [0.5, 0.6) is 0 Å². The third-order valence-corrected chi connectivity index (χ3v) is 5.72. The molecule has 21 heavy (non-hydrogen) atoms. The number of esters is 1. The summed E-state index contributed by atoms with van der Waals surface area (Å²) in [5, 5.41) is 0. The van der Waals surface area contributed by atoms with Crippen molar-refractivity contribution in [1.82, 2.24) is 9.29 Å². The van der Waals surface area contributed by atoms with Crippen molar-refractivity contribution in [2.24, 2.45) is 5.41 Å². The van der Waals surface area contributed by atoms with Crippen molar-refractivity contribution in [3.63, 3.8) is 0 Å². The minimum Gasteiger partial charge on any atom is -0.469 e. The average molecular weight is 316 g/mol. The van der Waals surface area contributed by atoms with Gasteiger partial charge in [0.1, 0.15) is 4.90 Å². The Hall–Kier alpha value is -1.54. The molecule has 0 N–H and O–H groups in total. The number of nitrogens with zero attached hydrogens (tertiary/aromatic N) is 2. The van der Waals surface area contributed by atoms with E-state index in [1.54, 1.807) is 6.92 Å². The van der Waals surface area contributed by atoms with E-state index in [0.717, 1.165) is 12.3 Å². The molecule has 0 aromatic carbocycles. The molecule has 0 amide bonds. The van der Waals surface area contributed by atoms with Crippen LogP contribution in [0.1, 0.15) is 19.8 Å². The van der Waals surface area contributed by atoms with Gasteiger partial charge < -0.3 is 4.74 Å². The van der Waals surface area contributed by atoms with Gasteiger partial charge in [-0.05, 0) is 31.9 Å². The number of ether oxygens (including phenoxy) is 1. The van der Waals surface area contributed by atoms with Crippen LogP contribution in [-0.4, -0.2) is 43.9 Å². The molecule has 1 saturated heterocycles. The third kappa shape index (κ3) is 3.06. The first kappa shape index (κ1) is 15.8. The van der Waals surface area contributed by atoms with Gasteiger partial charge in [0.15, 0.2) is 0 Å². The van der Waals surface area contributed by atoms with Crippen LogP contribution in [0.3, 0.4) is 0 Å². The number of hydrogen-bond donors (Lipinski definition) is 0. The van der Waals surface area contributed by atoms with E-state index in [2.05, 4.69) is 4.98 Å². The molecule has 1 fully saturated rings. The molecule has 2 rings (SSSR count). The molecule has 0 radical (unpaired) electrons. The molecule has 6 nitrogen and oxygen atoms in total. The van der Waals surface area contributed by atoms with E-state index in [1.165, 1.54) is 17.5 Å². The zero-order chi connectivity index (χ0) is 15.7. The maximum Gasteiger partial charge on any atom is 0.311 e. The van der Waals surface area contributed by atoms with E-state index >= 15 is 0 Å². The number of methoxy groups -OCH3 is 1. The number of carbonyl (C=O) groups is 1. The van der Waals surface area contributed by atoms with E-state index < -0.39 is 21.4 Å². The van der Waals surface area contributed by atoms with Crippen molar-refractivity contribution >= 4 is 16.0 Å². The minimum absolute atomic E-state index is 0.0504. The predicted octanol–water partition coefficient (Wildman–Crippen LogP) is 1.18. The minimum atomic E-state index is -3.71. The molecule has 0 aliphatic carbocycles. The molecule has 0 saturated carbocycles. The molecule has 0 atom stereocenters. The summed E-state index contributed by atoms with van der Waals surface area (Å²) in [5.41, 5.74) is -0.665. The van der Waals surface area contributed by atoms with Crippen LogP contribution < -0.4 is 0 Å². The lowest BCUT2D eigenvalue weighted by molar-refractivity contribution is -0.153. The van der Waals surface area contributed by atoms with Crippen LogP contribution in [0, 0.1) is 11.4 Å². The monoisotopic (exact) mass is 316 g/mol. The van der Waals surface area contributed by atoms with Crippen molar-refractivity contribution in [1.29, 1.82) is 0 Å². The Morgan fingerprint density at radius 1 is 1.38 bits per heavy atom. The lowest BCUT2D eigenvalue weighted by atomic mass is 9.81. The van der Waals surface area contributed by atoms with Gasteiger partial charge in [-0.25, -0.2) is 13.4 Å². The van der Waals surface area contributed by atoms with E-state index in [1.807, 2.05) is 0 Å². The molecular weight excluding hydrogens is 299 g/mol. The van der Waals surface area contributed by atoms with Gasteiger partial charge in [0.2, 0.25) is 16.0 Å². The summed E-state index contributed by atoms with van der Waals surface area (Å²) in [7, 11) is -2.39. The summed E-state index contributed by atoms with van der Waals surface area (Å²) in [6.45, 7) is 2.19. The van der Waals surface area contributed by atoms with Crippen LogP contribution in [0.4, 0.5) is 4.39 Å². The Kier molecular flexibility index (Phi) is 4.29. The Morgan fingerprint density at radius 3 is 2.48 bits per heavy atom. The summed E-state index contributed by atoms with van der Waals surface area (Å²) >= 11 is 0. The molecular formula is C13H17FN2O4S. The second kappa shape index (κ2) is 5.69. The molecule has 0 unspecified atom stereocenters. The van der Waals surface area contributed by atoms with E-state index in [0.29, 0.717) is 12.8 Å². The average Bonchev–Trinajstić information content (AvgIpc) is 2.47. The first-order chi connectivity index (χ1) is 9.79. The van der Waals surface area contributed by atoms with Crippen molar-refractivity contribution in [3.05, 3.63) is 24.3 Å². The Balaban J connectivity index is 2.14. The molecule has 0 bridgehead atoms. The SMILES string of the molecule is COC(=O)C1(C)CCN(S(=O)(=O)c2ccc(F)nc2)CC1. The zero-order valence-electron chi connectivity index (χ0n) is 11.9.